The van der Waals surface area contributed by atoms with Crippen molar-refractivity contribution >= 4 is 0 Å². The first kappa shape index (κ1) is 13.4. The van der Waals surface area contributed by atoms with Crippen molar-refractivity contribution in [2.24, 2.45) is 5.41 Å². The van der Waals surface area contributed by atoms with Crippen molar-refractivity contribution in [2.75, 3.05) is 26.4 Å². The minimum Gasteiger partial charge on any atom is -0.487 e. The number of benzene rings is 1. The van der Waals surface area contributed by atoms with Crippen LogP contribution in [0.3, 0.4) is 0 Å². The number of ether oxygens (including phenoxy) is 3. The summed E-state index contributed by atoms with van der Waals surface area (Å²) in [6, 6.07) is 9.95. The van der Waals surface area contributed by atoms with Crippen molar-refractivity contribution in [3.63, 3.8) is 0 Å². The highest BCUT2D eigenvalue weighted by Gasteiger charge is 2.46. The van der Waals surface area contributed by atoms with Gasteiger partial charge in [-0.3, -0.25) is 0 Å². The summed E-state index contributed by atoms with van der Waals surface area (Å²) in [7, 11) is 0. The smallest absolute Gasteiger partial charge is 0.132 e. The SMILES string of the molecule is CCOCC(Oc1ccccc1)C1(CC)COC1. The Morgan fingerprint density at radius 3 is 2.44 bits per heavy atom. The number of hydrogen-bond acceptors (Lipinski definition) is 3. The highest BCUT2D eigenvalue weighted by atomic mass is 16.5. The molecule has 1 atom stereocenters. The van der Waals surface area contributed by atoms with Crippen molar-refractivity contribution in [2.45, 2.75) is 26.4 Å². The molecule has 2 rings (SSSR count). The number of para-hydroxylation sites is 1. The Balaban J connectivity index is 2.05. The lowest BCUT2D eigenvalue weighted by Crippen LogP contribution is -2.55. The Bertz CT molecular complexity index is 341. The van der Waals surface area contributed by atoms with E-state index in [4.69, 9.17) is 14.2 Å². The fourth-order valence-electron chi connectivity index (χ4n) is 2.21. The van der Waals surface area contributed by atoms with Crippen molar-refractivity contribution in [1.82, 2.24) is 0 Å². The van der Waals surface area contributed by atoms with Gasteiger partial charge in [-0.15, -0.1) is 0 Å². The molecule has 1 aliphatic heterocycles. The molecule has 0 radical (unpaired) electrons. The second-order valence-corrected chi connectivity index (χ2v) is 4.79. The van der Waals surface area contributed by atoms with E-state index >= 15 is 0 Å². The van der Waals surface area contributed by atoms with Crippen LogP contribution in [0.2, 0.25) is 0 Å². The Morgan fingerprint density at radius 1 is 1.22 bits per heavy atom. The van der Waals surface area contributed by atoms with E-state index < -0.39 is 0 Å². The highest BCUT2D eigenvalue weighted by Crippen LogP contribution is 2.37. The molecule has 0 N–H and O–H groups in total. The Kier molecular flexibility index (Phi) is 4.61. The molecule has 1 aromatic carbocycles. The van der Waals surface area contributed by atoms with Crippen LogP contribution in [-0.4, -0.2) is 32.5 Å². The quantitative estimate of drug-likeness (QED) is 0.744. The molecule has 0 aliphatic carbocycles. The summed E-state index contributed by atoms with van der Waals surface area (Å²) in [6.45, 7) is 7.09. The van der Waals surface area contributed by atoms with Gasteiger partial charge in [0.2, 0.25) is 0 Å². The van der Waals surface area contributed by atoms with Gasteiger partial charge >= 0.3 is 0 Å². The minimum absolute atomic E-state index is 0.0681. The average Bonchev–Trinajstić information content (AvgIpc) is 2.36. The molecular weight excluding hydrogens is 228 g/mol. The third kappa shape index (κ3) is 2.85. The van der Waals surface area contributed by atoms with E-state index in [1.54, 1.807) is 0 Å². The van der Waals surface area contributed by atoms with Gasteiger partial charge in [0.25, 0.3) is 0 Å². The van der Waals surface area contributed by atoms with E-state index in [9.17, 15) is 0 Å². The zero-order chi connectivity index (χ0) is 12.8. The van der Waals surface area contributed by atoms with E-state index in [2.05, 4.69) is 6.92 Å². The first-order valence-corrected chi connectivity index (χ1v) is 6.68. The molecule has 1 saturated heterocycles. The second kappa shape index (κ2) is 6.21. The van der Waals surface area contributed by atoms with Gasteiger partial charge in [-0.25, -0.2) is 0 Å². The first-order valence-electron chi connectivity index (χ1n) is 6.68. The van der Waals surface area contributed by atoms with E-state index in [0.29, 0.717) is 6.61 Å². The molecule has 1 aromatic rings. The van der Waals surface area contributed by atoms with Crippen LogP contribution in [0.15, 0.2) is 30.3 Å². The normalized spacial score (nSPS) is 19.0. The minimum atomic E-state index is 0.0681. The lowest BCUT2D eigenvalue weighted by atomic mass is 9.77. The van der Waals surface area contributed by atoms with Crippen LogP contribution >= 0.6 is 0 Å². The maximum Gasteiger partial charge on any atom is 0.132 e. The summed E-state index contributed by atoms with van der Waals surface area (Å²) >= 11 is 0. The van der Waals surface area contributed by atoms with Crippen LogP contribution in [0.1, 0.15) is 20.3 Å². The fraction of sp³-hybridized carbons (Fsp3) is 0.600. The standard InChI is InChI=1S/C15H22O3/c1-3-15(11-17-12-15)14(10-16-4-2)18-13-8-6-5-7-9-13/h5-9,14H,3-4,10-12H2,1-2H3. The maximum atomic E-state index is 6.11. The van der Waals surface area contributed by atoms with Crippen molar-refractivity contribution in [3.8, 4) is 5.75 Å². The average molecular weight is 250 g/mol. The Hall–Kier alpha value is -1.06. The van der Waals surface area contributed by atoms with Crippen LogP contribution in [0.25, 0.3) is 0 Å². The van der Waals surface area contributed by atoms with Crippen molar-refractivity contribution in [3.05, 3.63) is 30.3 Å². The summed E-state index contributed by atoms with van der Waals surface area (Å²) in [6.07, 6.45) is 1.12. The van der Waals surface area contributed by atoms with Crippen LogP contribution in [-0.2, 0) is 9.47 Å². The highest BCUT2D eigenvalue weighted by molar-refractivity contribution is 5.21. The molecule has 3 heteroatoms. The summed E-state index contributed by atoms with van der Waals surface area (Å²) in [5, 5.41) is 0. The molecule has 0 aromatic heterocycles. The van der Waals surface area contributed by atoms with Gasteiger partial charge in [0.1, 0.15) is 11.9 Å². The van der Waals surface area contributed by atoms with Gasteiger partial charge in [-0.05, 0) is 25.5 Å². The lowest BCUT2D eigenvalue weighted by Gasteiger charge is -2.46. The summed E-state index contributed by atoms with van der Waals surface area (Å²) < 4.78 is 17.1. The Labute approximate surface area is 109 Å². The molecule has 1 unspecified atom stereocenters. The summed E-state index contributed by atoms with van der Waals surface area (Å²) in [5.74, 6) is 0.905. The second-order valence-electron chi connectivity index (χ2n) is 4.79. The van der Waals surface area contributed by atoms with Gasteiger partial charge in [0.05, 0.1) is 25.2 Å². The van der Waals surface area contributed by atoms with Crippen LogP contribution in [0.4, 0.5) is 0 Å². The molecule has 1 aliphatic rings. The zero-order valence-corrected chi connectivity index (χ0v) is 11.2. The predicted octanol–water partition coefficient (Wildman–Crippen LogP) is 2.90. The third-order valence-corrected chi connectivity index (χ3v) is 3.66. The van der Waals surface area contributed by atoms with Crippen LogP contribution < -0.4 is 4.74 Å². The molecule has 100 valence electrons. The molecule has 1 heterocycles. The molecular formula is C15H22O3. The lowest BCUT2D eigenvalue weighted by molar-refractivity contribution is -0.178. The molecule has 3 nitrogen and oxygen atoms in total. The Morgan fingerprint density at radius 2 is 1.94 bits per heavy atom. The zero-order valence-electron chi connectivity index (χ0n) is 11.2. The summed E-state index contributed by atoms with van der Waals surface area (Å²) in [5.41, 5.74) is 0.116. The molecule has 0 bridgehead atoms. The molecule has 1 fully saturated rings. The van der Waals surface area contributed by atoms with E-state index in [-0.39, 0.29) is 11.5 Å². The predicted molar refractivity (Wildman–Crippen MR) is 70.9 cm³/mol. The van der Waals surface area contributed by atoms with Crippen LogP contribution in [0.5, 0.6) is 5.75 Å². The first-order chi connectivity index (χ1) is 8.80. The van der Waals surface area contributed by atoms with E-state index in [1.165, 1.54) is 0 Å². The van der Waals surface area contributed by atoms with Gasteiger partial charge in [0, 0.05) is 6.61 Å². The van der Waals surface area contributed by atoms with Crippen LogP contribution in [0, 0.1) is 5.41 Å². The number of hydrogen-bond donors (Lipinski definition) is 0. The monoisotopic (exact) mass is 250 g/mol. The largest absolute Gasteiger partial charge is 0.487 e. The molecule has 18 heavy (non-hydrogen) atoms. The molecule has 0 spiro atoms. The fourth-order valence-corrected chi connectivity index (χ4v) is 2.21. The van der Waals surface area contributed by atoms with Gasteiger partial charge in [-0.1, -0.05) is 25.1 Å². The van der Waals surface area contributed by atoms with E-state index in [1.807, 2.05) is 37.3 Å². The maximum absolute atomic E-state index is 6.11. The number of rotatable bonds is 7. The van der Waals surface area contributed by atoms with Gasteiger partial charge in [-0.2, -0.15) is 0 Å². The third-order valence-electron chi connectivity index (χ3n) is 3.66. The van der Waals surface area contributed by atoms with Gasteiger partial charge in [0.15, 0.2) is 0 Å². The molecule has 0 saturated carbocycles. The summed E-state index contributed by atoms with van der Waals surface area (Å²) in [4.78, 5) is 0. The van der Waals surface area contributed by atoms with Crippen molar-refractivity contribution < 1.29 is 14.2 Å². The van der Waals surface area contributed by atoms with Crippen molar-refractivity contribution in [1.29, 1.82) is 0 Å². The topological polar surface area (TPSA) is 27.7 Å². The van der Waals surface area contributed by atoms with Gasteiger partial charge < -0.3 is 14.2 Å². The molecule has 0 amide bonds. The van der Waals surface area contributed by atoms with E-state index in [0.717, 1.165) is 32.0 Å².